The summed E-state index contributed by atoms with van der Waals surface area (Å²) in [4.78, 5) is 6.43. The highest BCUT2D eigenvalue weighted by Gasteiger charge is 2.29. The quantitative estimate of drug-likeness (QED) is 0.748. The monoisotopic (exact) mass is 328 g/mol. The maximum Gasteiger partial charge on any atom is 0.147 e. The third-order valence-corrected chi connectivity index (χ3v) is 3.87. The number of nitrogens with two attached hydrogens (primary N) is 1. The van der Waals surface area contributed by atoms with Crippen LogP contribution >= 0.6 is 0 Å². The molecule has 0 aromatic heterocycles. The molecule has 0 spiro atoms. The van der Waals surface area contributed by atoms with Gasteiger partial charge in [-0.2, -0.15) is 0 Å². The predicted octanol–water partition coefficient (Wildman–Crippen LogP) is 3.40. The molecule has 0 radical (unpaired) electrons. The largest absolute Gasteiger partial charge is 0.390 e. The Morgan fingerprint density at radius 1 is 1.38 bits per heavy atom. The van der Waals surface area contributed by atoms with Crippen molar-refractivity contribution in [2.45, 2.75) is 46.1 Å². The summed E-state index contributed by atoms with van der Waals surface area (Å²) in [6.07, 6.45) is 1.49. The summed E-state index contributed by atoms with van der Waals surface area (Å²) in [6, 6.07) is 7.82. The summed E-state index contributed by atoms with van der Waals surface area (Å²) in [5.41, 5.74) is 9.54. The highest BCUT2D eigenvalue weighted by atomic mass is 16.3. The van der Waals surface area contributed by atoms with Gasteiger partial charge in [0.2, 0.25) is 0 Å². The van der Waals surface area contributed by atoms with Crippen molar-refractivity contribution in [2.75, 3.05) is 11.4 Å². The van der Waals surface area contributed by atoms with Crippen LogP contribution in [0.5, 0.6) is 0 Å². The molecule has 5 heteroatoms. The Labute approximate surface area is 144 Å². The van der Waals surface area contributed by atoms with Gasteiger partial charge in [-0.3, -0.25) is 0 Å². The number of para-hydroxylation sites is 2. The molecule has 0 bridgehead atoms. The molecule has 0 fully saturated rings. The first-order chi connectivity index (χ1) is 11.2. The summed E-state index contributed by atoms with van der Waals surface area (Å²) in [7, 11) is 0. The van der Waals surface area contributed by atoms with Crippen LogP contribution in [0.15, 0.2) is 52.9 Å². The molecule has 1 heterocycles. The van der Waals surface area contributed by atoms with Gasteiger partial charge < -0.3 is 21.1 Å². The third kappa shape index (κ3) is 3.97. The fourth-order valence-corrected chi connectivity index (χ4v) is 2.71. The van der Waals surface area contributed by atoms with Crippen molar-refractivity contribution < 1.29 is 5.11 Å². The number of allylic oxidation sites excluding steroid dienone is 1. The van der Waals surface area contributed by atoms with Crippen molar-refractivity contribution in [1.29, 1.82) is 0 Å². The van der Waals surface area contributed by atoms with E-state index < -0.39 is 5.60 Å². The minimum absolute atomic E-state index is 0.394. The number of anilines is 1. The molecule has 5 nitrogen and oxygen atoms in total. The van der Waals surface area contributed by atoms with E-state index in [-0.39, 0.29) is 0 Å². The van der Waals surface area contributed by atoms with Gasteiger partial charge in [0, 0.05) is 24.4 Å². The van der Waals surface area contributed by atoms with Gasteiger partial charge in [-0.25, -0.2) is 4.99 Å². The average molecular weight is 328 g/mol. The summed E-state index contributed by atoms with van der Waals surface area (Å²) in [5.74, 6) is 0.394. The first kappa shape index (κ1) is 18.1. The van der Waals surface area contributed by atoms with Gasteiger partial charge in [-0.1, -0.05) is 25.6 Å². The normalized spacial score (nSPS) is 15.6. The van der Waals surface area contributed by atoms with E-state index in [2.05, 4.69) is 23.8 Å². The number of hydrogen-bond donors (Lipinski definition) is 3. The van der Waals surface area contributed by atoms with Crippen LogP contribution in [0.25, 0.3) is 0 Å². The van der Waals surface area contributed by atoms with Gasteiger partial charge in [0.1, 0.15) is 5.84 Å². The summed E-state index contributed by atoms with van der Waals surface area (Å²) in [5, 5.41) is 13.8. The second-order valence-corrected chi connectivity index (χ2v) is 6.76. The van der Waals surface area contributed by atoms with Crippen LogP contribution in [-0.4, -0.2) is 23.1 Å². The molecule has 1 aromatic rings. The van der Waals surface area contributed by atoms with Crippen LogP contribution in [0, 0.1) is 0 Å². The molecule has 24 heavy (non-hydrogen) atoms. The van der Waals surface area contributed by atoms with Crippen LogP contribution < -0.4 is 16.0 Å². The van der Waals surface area contributed by atoms with E-state index in [4.69, 9.17) is 5.73 Å². The van der Waals surface area contributed by atoms with Gasteiger partial charge in [-0.15, -0.1) is 0 Å². The van der Waals surface area contributed by atoms with Crippen molar-refractivity contribution in [1.82, 2.24) is 5.32 Å². The SMILES string of the molecule is C=C1C(N)=Nc2ccccc2N1/C(CC(C)(C)O)=C(\C)NCCC. The van der Waals surface area contributed by atoms with Gasteiger partial charge in [-0.05, 0) is 39.3 Å². The van der Waals surface area contributed by atoms with E-state index >= 15 is 0 Å². The van der Waals surface area contributed by atoms with Gasteiger partial charge in [0.15, 0.2) is 0 Å². The van der Waals surface area contributed by atoms with Crippen molar-refractivity contribution in [3.05, 3.63) is 47.9 Å². The molecule has 0 saturated heterocycles. The predicted molar refractivity (Wildman–Crippen MR) is 101 cm³/mol. The lowest BCUT2D eigenvalue weighted by Crippen LogP contribution is -2.37. The first-order valence-corrected chi connectivity index (χ1v) is 8.33. The molecular weight excluding hydrogens is 300 g/mol. The molecule has 0 amide bonds. The number of rotatable bonds is 6. The van der Waals surface area contributed by atoms with E-state index in [0.29, 0.717) is 18.0 Å². The Balaban J connectivity index is 2.56. The number of amidine groups is 1. The summed E-state index contributed by atoms with van der Waals surface area (Å²) in [6.45, 7) is 12.7. The second kappa shape index (κ2) is 7.09. The number of aliphatic hydroxyl groups is 1. The van der Waals surface area contributed by atoms with Gasteiger partial charge in [0.05, 0.1) is 22.7 Å². The average Bonchev–Trinajstić information content (AvgIpc) is 2.51. The zero-order valence-corrected chi connectivity index (χ0v) is 15.1. The number of aliphatic imine (C=N–C) groups is 1. The van der Waals surface area contributed by atoms with Crippen molar-refractivity contribution >= 4 is 17.2 Å². The molecule has 2 rings (SSSR count). The maximum atomic E-state index is 10.4. The minimum atomic E-state index is -0.858. The Hall–Kier alpha value is -2.27. The maximum absolute atomic E-state index is 10.4. The Morgan fingerprint density at radius 3 is 2.67 bits per heavy atom. The third-order valence-electron chi connectivity index (χ3n) is 3.87. The number of hydrogen-bond acceptors (Lipinski definition) is 5. The molecule has 1 aromatic carbocycles. The number of nitrogens with zero attached hydrogens (tertiary/aromatic N) is 2. The zero-order valence-electron chi connectivity index (χ0n) is 15.1. The smallest absolute Gasteiger partial charge is 0.147 e. The Bertz CT molecular complexity index is 683. The van der Waals surface area contributed by atoms with E-state index in [1.54, 1.807) is 13.8 Å². The van der Waals surface area contributed by atoms with Crippen LogP contribution in [0.1, 0.15) is 40.5 Å². The first-order valence-electron chi connectivity index (χ1n) is 8.33. The molecule has 130 valence electrons. The number of nitrogens with one attached hydrogen (secondary N) is 1. The second-order valence-electron chi connectivity index (χ2n) is 6.76. The van der Waals surface area contributed by atoms with E-state index in [0.717, 1.165) is 35.7 Å². The summed E-state index contributed by atoms with van der Waals surface area (Å²) < 4.78 is 0. The highest BCUT2D eigenvalue weighted by molar-refractivity contribution is 6.06. The Kier molecular flexibility index (Phi) is 5.34. The van der Waals surface area contributed by atoms with E-state index in [9.17, 15) is 5.11 Å². The molecule has 0 atom stereocenters. The van der Waals surface area contributed by atoms with Crippen LogP contribution in [0.3, 0.4) is 0 Å². The number of benzene rings is 1. The molecule has 0 unspecified atom stereocenters. The standard InChI is InChI=1S/C19H28N4O/c1-6-11-21-13(2)17(12-19(4,5)24)23-14(3)18(20)22-15-9-7-8-10-16(15)23/h7-10,21,24H,3,6,11-12H2,1-2,4-5H3,(H2,20,22)/b17-13+. The van der Waals surface area contributed by atoms with E-state index in [1.807, 2.05) is 36.1 Å². The molecule has 0 aliphatic carbocycles. The fourth-order valence-electron chi connectivity index (χ4n) is 2.71. The topological polar surface area (TPSA) is 73.9 Å². The van der Waals surface area contributed by atoms with Crippen LogP contribution in [0.4, 0.5) is 11.4 Å². The molecule has 4 N–H and O–H groups in total. The fraction of sp³-hybridized carbons (Fsp3) is 0.421. The Morgan fingerprint density at radius 2 is 2.04 bits per heavy atom. The van der Waals surface area contributed by atoms with Crippen molar-refractivity contribution in [3.63, 3.8) is 0 Å². The lowest BCUT2D eigenvalue weighted by atomic mass is 9.99. The van der Waals surface area contributed by atoms with Gasteiger partial charge in [0.25, 0.3) is 0 Å². The van der Waals surface area contributed by atoms with Crippen molar-refractivity contribution in [2.24, 2.45) is 10.7 Å². The minimum Gasteiger partial charge on any atom is -0.390 e. The van der Waals surface area contributed by atoms with Crippen LogP contribution in [-0.2, 0) is 0 Å². The van der Waals surface area contributed by atoms with Gasteiger partial charge >= 0.3 is 0 Å². The summed E-state index contributed by atoms with van der Waals surface area (Å²) >= 11 is 0. The zero-order chi connectivity index (χ0) is 17.9. The highest BCUT2D eigenvalue weighted by Crippen LogP contribution is 2.39. The van der Waals surface area contributed by atoms with Crippen molar-refractivity contribution in [3.8, 4) is 0 Å². The number of fused-ring (bicyclic) bond motifs is 1. The van der Waals surface area contributed by atoms with E-state index in [1.165, 1.54) is 0 Å². The van der Waals surface area contributed by atoms with Crippen LogP contribution in [0.2, 0.25) is 0 Å². The lowest BCUT2D eigenvalue weighted by molar-refractivity contribution is 0.0800. The molecule has 1 aliphatic rings. The molecule has 1 aliphatic heterocycles. The molecule has 0 saturated carbocycles. The molecular formula is C19H28N4O. The lowest BCUT2D eigenvalue weighted by Gasteiger charge is -2.36.